The van der Waals surface area contributed by atoms with E-state index in [1.54, 1.807) is 6.40 Å². The molecule has 0 aliphatic carbocycles. The van der Waals surface area contributed by atoms with E-state index in [-0.39, 0.29) is 18.2 Å². The summed E-state index contributed by atoms with van der Waals surface area (Å²) in [4.78, 5) is 29.5. The fourth-order valence-electron chi connectivity index (χ4n) is 6.36. The Balaban J connectivity index is 1.24. The maximum Gasteiger partial charge on any atom is 0.254 e. The second kappa shape index (κ2) is 9.77. The van der Waals surface area contributed by atoms with Crippen molar-refractivity contribution < 1.29 is 14.3 Å². The van der Waals surface area contributed by atoms with Crippen LogP contribution in [0.2, 0.25) is 0 Å². The predicted molar refractivity (Wildman–Crippen MR) is 147 cm³/mol. The van der Waals surface area contributed by atoms with Crippen molar-refractivity contribution in [2.24, 2.45) is 4.99 Å². The minimum absolute atomic E-state index is 0.0331. The molecule has 2 atom stereocenters. The summed E-state index contributed by atoms with van der Waals surface area (Å²) in [6.07, 6.45) is 7.15. The zero-order chi connectivity index (χ0) is 26.5. The fourth-order valence-corrected chi connectivity index (χ4v) is 6.36. The van der Waals surface area contributed by atoms with Gasteiger partial charge in [-0.15, -0.1) is 0 Å². The number of rotatable bonds is 6. The largest absolute Gasteiger partial charge is 0.476 e. The third kappa shape index (κ3) is 4.28. The Bertz CT molecular complexity index is 1460. The number of fused-ring (bicyclic) bond motifs is 4. The number of ether oxygens (including phenoxy) is 2. The lowest BCUT2D eigenvalue weighted by Gasteiger charge is -2.27. The second-order valence-corrected chi connectivity index (χ2v) is 11.0. The standard InChI is InChI=1S/C29H33N7O3/c1-35(2)15-22-18(17-9-11-38-12-10-17)4-7-25(34-22)33-21-5-3-19(20-13-31-29(37)27(20)21)23-14-30-26-8-6-24-28(36(23)26)32-16-39-24/h3-5,7,14,16-17,24,28H,6,8-13,15H2,1-2H3,(H,31,37)(H,33,34). The van der Waals surface area contributed by atoms with Crippen LogP contribution >= 0.6 is 0 Å². The molecule has 3 aromatic rings. The van der Waals surface area contributed by atoms with Crippen molar-refractivity contribution in [2.45, 2.75) is 57.0 Å². The van der Waals surface area contributed by atoms with Crippen LogP contribution in [0.15, 0.2) is 35.5 Å². The number of hydrogen-bond donors (Lipinski definition) is 2. The predicted octanol–water partition coefficient (Wildman–Crippen LogP) is 3.76. The quantitative estimate of drug-likeness (QED) is 0.503. The summed E-state index contributed by atoms with van der Waals surface area (Å²) < 4.78 is 13.5. The lowest BCUT2D eigenvalue weighted by atomic mass is 9.90. The van der Waals surface area contributed by atoms with E-state index in [1.807, 2.05) is 18.3 Å². The molecule has 2 aromatic heterocycles. The summed E-state index contributed by atoms with van der Waals surface area (Å²) in [6, 6.07) is 8.28. The Hall–Kier alpha value is -3.76. The molecule has 1 fully saturated rings. The molecule has 0 saturated carbocycles. The van der Waals surface area contributed by atoms with E-state index in [4.69, 9.17) is 19.4 Å². The first-order valence-corrected chi connectivity index (χ1v) is 13.7. The Morgan fingerprint density at radius 1 is 1.15 bits per heavy atom. The first-order chi connectivity index (χ1) is 19.1. The van der Waals surface area contributed by atoms with Crippen molar-refractivity contribution in [1.82, 2.24) is 24.8 Å². The van der Waals surface area contributed by atoms with Gasteiger partial charge in [0.1, 0.15) is 17.7 Å². The molecular formula is C29H33N7O3. The van der Waals surface area contributed by atoms with Gasteiger partial charge in [-0.3, -0.25) is 4.79 Å². The van der Waals surface area contributed by atoms with Crippen molar-refractivity contribution in [3.8, 4) is 11.3 Å². The van der Waals surface area contributed by atoms with E-state index in [2.05, 4.69) is 51.3 Å². The molecule has 10 heteroatoms. The third-order valence-electron chi connectivity index (χ3n) is 8.21. The highest BCUT2D eigenvalue weighted by Gasteiger charge is 2.37. The van der Waals surface area contributed by atoms with Gasteiger partial charge in [-0.1, -0.05) is 12.1 Å². The summed E-state index contributed by atoms with van der Waals surface area (Å²) in [5.41, 5.74) is 6.69. The maximum atomic E-state index is 13.1. The molecule has 6 heterocycles. The number of nitrogens with one attached hydrogen (secondary N) is 2. The van der Waals surface area contributed by atoms with E-state index in [0.717, 1.165) is 85.3 Å². The average molecular weight is 528 g/mol. The Kier molecular flexibility index (Phi) is 6.08. The number of imidazole rings is 1. The number of carbonyl (C=O) groups excluding carboxylic acids is 1. The summed E-state index contributed by atoms with van der Waals surface area (Å²) in [6.45, 7) is 2.80. The van der Waals surface area contributed by atoms with Crippen molar-refractivity contribution in [2.75, 3.05) is 32.6 Å². The van der Waals surface area contributed by atoms with Crippen LogP contribution in [0.4, 0.5) is 11.5 Å². The van der Waals surface area contributed by atoms with Crippen molar-refractivity contribution in [1.29, 1.82) is 0 Å². The fraction of sp³-hybridized carbons (Fsp3) is 0.448. The Morgan fingerprint density at radius 3 is 2.87 bits per heavy atom. The van der Waals surface area contributed by atoms with E-state index in [0.29, 0.717) is 18.0 Å². The molecule has 7 rings (SSSR count). The first kappa shape index (κ1) is 24.3. The van der Waals surface area contributed by atoms with Crippen molar-refractivity contribution >= 4 is 23.8 Å². The molecule has 1 saturated heterocycles. The highest BCUT2D eigenvalue weighted by molar-refractivity contribution is 6.06. The first-order valence-electron chi connectivity index (χ1n) is 13.7. The van der Waals surface area contributed by atoms with Gasteiger partial charge in [0.15, 0.2) is 12.6 Å². The number of aryl methyl sites for hydroxylation is 1. The zero-order valence-electron chi connectivity index (χ0n) is 22.3. The van der Waals surface area contributed by atoms with Gasteiger partial charge in [-0.05, 0) is 62.5 Å². The van der Waals surface area contributed by atoms with Gasteiger partial charge in [0.05, 0.1) is 28.8 Å². The molecule has 0 bridgehead atoms. The van der Waals surface area contributed by atoms with Crippen LogP contribution in [-0.2, 0) is 29.0 Å². The molecule has 1 aromatic carbocycles. The zero-order valence-corrected chi connectivity index (χ0v) is 22.3. The van der Waals surface area contributed by atoms with Crippen molar-refractivity contribution in [3.63, 3.8) is 0 Å². The maximum absolute atomic E-state index is 13.1. The lowest BCUT2D eigenvalue weighted by Crippen LogP contribution is -2.28. The van der Waals surface area contributed by atoms with E-state index in [1.165, 1.54) is 5.56 Å². The van der Waals surface area contributed by atoms with Crippen LogP contribution in [0.25, 0.3) is 11.3 Å². The Labute approximate surface area is 227 Å². The van der Waals surface area contributed by atoms with Crippen LogP contribution in [0.1, 0.15) is 64.3 Å². The number of aliphatic imine (C=N–C) groups is 1. The Morgan fingerprint density at radius 2 is 2.03 bits per heavy atom. The number of nitrogens with zero attached hydrogens (tertiary/aromatic N) is 5. The monoisotopic (exact) mass is 527 g/mol. The van der Waals surface area contributed by atoms with Gasteiger partial charge in [-0.25, -0.2) is 15.0 Å². The molecule has 0 spiro atoms. The van der Waals surface area contributed by atoms with Crippen LogP contribution in [0.3, 0.4) is 0 Å². The van der Waals surface area contributed by atoms with Gasteiger partial charge in [0.25, 0.3) is 5.91 Å². The highest BCUT2D eigenvalue weighted by atomic mass is 16.5. The molecule has 1 amide bonds. The smallest absolute Gasteiger partial charge is 0.254 e. The summed E-state index contributed by atoms with van der Waals surface area (Å²) in [5, 5.41) is 6.50. The van der Waals surface area contributed by atoms with Gasteiger partial charge in [-0.2, -0.15) is 0 Å². The number of hydrogen-bond acceptors (Lipinski definition) is 8. The molecular weight excluding hydrogens is 494 g/mol. The molecule has 0 radical (unpaired) electrons. The topological polar surface area (TPSA) is 106 Å². The molecule has 202 valence electrons. The number of amides is 1. The average Bonchev–Trinajstić information content (AvgIpc) is 3.68. The van der Waals surface area contributed by atoms with Crippen LogP contribution in [0.5, 0.6) is 0 Å². The summed E-state index contributed by atoms with van der Waals surface area (Å²) in [5.74, 6) is 2.12. The van der Waals surface area contributed by atoms with Gasteiger partial charge >= 0.3 is 0 Å². The van der Waals surface area contributed by atoms with Gasteiger partial charge in [0, 0.05) is 38.3 Å². The number of pyridine rings is 1. The van der Waals surface area contributed by atoms with E-state index in [9.17, 15) is 4.79 Å². The second-order valence-electron chi connectivity index (χ2n) is 11.0. The lowest BCUT2D eigenvalue weighted by molar-refractivity contribution is 0.0849. The molecule has 4 aliphatic heterocycles. The van der Waals surface area contributed by atoms with Crippen LogP contribution in [-0.4, -0.2) is 65.2 Å². The molecule has 4 aliphatic rings. The summed E-state index contributed by atoms with van der Waals surface area (Å²) >= 11 is 0. The molecule has 2 unspecified atom stereocenters. The SMILES string of the molecule is CN(C)Cc1nc(Nc2ccc(-c3cnc4n3C3N=COC3CC4)c3c2C(=O)NC3)ccc1C1CCOCC1. The van der Waals surface area contributed by atoms with Crippen LogP contribution in [0, 0.1) is 0 Å². The van der Waals surface area contributed by atoms with Gasteiger partial charge < -0.3 is 29.6 Å². The summed E-state index contributed by atoms with van der Waals surface area (Å²) in [7, 11) is 4.12. The number of carbonyl (C=O) groups is 1. The van der Waals surface area contributed by atoms with E-state index >= 15 is 0 Å². The number of anilines is 2. The molecule has 39 heavy (non-hydrogen) atoms. The third-order valence-corrected chi connectivity index (χ3v) is 8.21. The van der Waals surface area contributed by atoms with Gasteiger partial charge in [0.2, 0.25) is 0 Å². The minimum atomic E-state index is -0.113. The molecule has 2 N–H and O–H groups in total. The number of benzene rings is 1. The molecule has 10 nitrogen and oxygen atoms in total. The highest BCUT2D eigenvalue weighted by Crippen LogP contribution is 2.40. The van der Waals surface area contributed by atoms with E-state index < -0.39 is 0 Å². The minimum Gasteiger partial charge on any atom is -0.476 e. The normalized spacial score (nSPS) is 21.9. The van der Waals surface area contributed by atoms with Crippen LogP contribution < -0.4 is 10.6 Å². The number of aromatic nitrogens is 3. The van der Waals surface area contributed by atoms with Crippen molar-refractivity contribution in [3.05, 3.63) is 58.7 Å².